The van der Waals surface area contributed by atoms with E-state index in [9.17, 15) is 4.79 Å². The summed E-state index contributed by atoms with van der Waals surface area (Å²) >= 11 is 9.54. The van der Waals surface area contributed by atoms with Crippen LogP contribution in [-0.2, 0) is 16.0 Å². The zero-order chi connectivity index (χ0) is 14.1. The molecule has 2 saturated heterocycles. The van der Waals surface area contributed by atoms with E-state index in [0.29, 0.717) is 24.1 Å². The van der Waals surface area contributed by atoms with Crippen LogP contribution in [0.25, 0.3) is 0 Å². The number of Topliss-reactive ketones (excluding diaryl/α,β-unsaturated/α-hetero) is 1. The molecule has 5 heteroatoms. The summed E-state index contributed by atoms with van der Waals surface area (Å²) in [5, 5.41) is 0.627. The zero-order valence-electron chi connectivity index (χ0n) is 11.1. The topological polar surface area (TPSA) is 29.5 Å². The maximum Gasteiger partial charge on any atom is 0.167 e. The number of ether oxygens (including phenoxy) is 1. The van der Waals surface area contributed by atoms with Crippen LogP contribution in [0.3, 0.4) is 0 Å². The highest BCUT2D eigenvalue weighted by Crippen LogP contribution is 2.25. The number of fused-ring (bicyclic) bond motifs is 1. The highest BCUT2D eigenvalue weighted by molar-refractivity contribution is 9.10. The Kier molecular flexibility index (Phi) is 4.46. The van der Waals surface area contributed by atoms with Gasteiger partial charge in [-0.25, -0.2) is 0 Å². The van der Waals surface area contributed by atoms with E-state index >= 15 is 0 Å². The number of rotatable bonds is 3. The van der Waals surface area contributed by atoms with Crippen molar-refractivity contribution in [3.05, 3.63) is 33.3 Å². The summed E-state index contributed by atoms with van der Waals surface area (Å²) in [6, 6.07) is 6.15. The van der Waals surface area contributed by atoms with Gasteiger partial charge in [-0.3, -0.25) is 9.69 Å². The van der Waals surface area contributed by atoms with Crippen LogP contribution in [0.4, 0.5) is 0 Å². The third kappa shape index (κ3) is 3.08. The van der Waals surface area contributed by atoms with Gasteiger partial charge >= 0.3 is 0 Å². The second kappa shape index (κ2) is 6.14. The fourth-order valence-corrected chi connectivity index (χ4v) is 3.72. The van der Waals surface area contributed by atoms with Gasteiger partial charge in [0.05, 0.1) is 6.61 Å². The van der Waals surface area contributed by atoms with Gasteiger partial charge in [0.1, 0.15) is 6.10 Å². The maximum absolute atomic E-state index is 12.4. The predicted octanol–water partition coefficient (Wildman–Crippen LogP) is 3.08. The number of carbonyl (C=O) groups is 1. The minimum atomic E-state index is -0.302. The summed E-state index contributed by atoms with van der Waals surface area (Å²) in [6.07, 6.45) is 2.45. The Bertz CT molecular complexity index is 523. The minimum absolute atomic E-state index is 0.125. The molecule has 2 unspecified atom stereocenters. The first-order valence-corrected chi connectivity index (χ1v) is 8.13. The number of carbonyl (C=O) groups excluding carboxylic acids is 1. The number of morpholine rings is 1. The second-order valence-corrected chi connectivity index (χ2v) is 6.81. The van der Waals surface area contributed by atoms with Gasteiger partial charge in [-0.15, -0.1) is 0 Å². The van der Waals surface area contributed by atoms with Crippen molar-refractivity contribution in [3.63, 3.8) is 0 Å². The van der Waals surface area contributed by atoms with Gasteiger partial charge < -0.3 is 4.74 Å². The van der Waals surface area contributed by atoms with Crippen molar-refractivity contribution in [3.8, 4) is 0 Å². The molecule has 20 heavy (non-hydrogen) atoms. The summed E-state index contributed by atoms with van der Waals surface area (Å²) in [5.41, 5.74) is 0.868. The molecule has 0 aromatic heterocycles. The molecule has 0 amide bonds. The Balaban J connectivity index is 1.64. The molecular weight excluding hydrogens is 342 g/mol. The van der Waals surface area contributed by atoms with Crippen LogP contribution in [0.2, 0.25) is 5.02 Å². The van der Waals surface area contributed by atoms with Crippen molar-refractivity contribution in [1.29, 1.82) is 0 Å². The maximum atomic E-state index is 12.4. The molecule has 0 N–H and O–H groups in total. The summed E-state index contributed by atoms with van der Waals surface area (Å²) in [4.78, 5) is 14.8. The van der Waals surface area contributed by atoms with E-state index in [1.54, 1.807) is 0 Å². The molecule has 0 aliphatic carbocycles. The van der Waals surface area contributed by atoms with Gasteiger partial charge in [-0.1, -0.05) is 33.6 Å². The van der Waals surface area contributed by atoms with Gasteiger partial charge in [0, 0.05) is 28.5 Å². The van der Waals surface area contributed by atoms with E-state index in [1.807, 2.05) is 18.2 Å². The van der Waals surface area contributed by atoms with E-state index < -0.39 is 0 Å². The summed E-state index contributed by atoms with van der Waals surface area (Å²) in [6.45, 7) is 2.51. The number of ketones is 1. The second-order valence-electron chi connectivity index (χ2n) is 5.49. The molecule has 0 radical (unpaired) electrons. The van der Waals surface area contributed by atoms with E-state index in [2.05, 4.69) is 20.8 Å². The molecular formula is C15H17BrClNO2. The van der Waals surface area contributed by atoms with E-state index in [-0.39, 0.29) is 11.9 Å². The molecule has 1 aromatic carbocycles. The first kappa shape index (κ1) is 14.5. The Labute approximate surface area is 132 Å². The molecule has 2 aliphatic rings. The highest BCUT2D eigenvalue weighted by Gasteiger charge is 2.35. The van der Waals surface area contributed by atoms with Gasteiger partial charge in [0.15, 0.2) is 5.78 Å². The highest BCUT2D eigenvalue weighted by atomic mass is 79.9. The summed E-state index contributed by atoms with van der Waals surface area (Å²) in [5.74, 6) is 0.125. The van der Waals surface area contributed by atoms with Crippen LogP contribution >= 0.6 is 27.5 Å². The van der Waals surface area contributed by atoms with Gasteiger partial charge in [-0.05, 0) is 37.1 Å². The fraction of sp³-hybridized carbons (Fsp3) is 0.533. The van der Waals surface area contributed by atoms with Crippen molar-refractivity contribution in [2.45, 2.75) is 31.4 Å². The normalized spacial score (nSPS) is 26.5. The third-order valence-electron chi connectivity index (χ3n) is 4.13. The molecule has 3 rings (SSSR count). The van der Waals surface area contributed by atoms with E-state index in [0.717, 1.165) is 23.1 Å². The number of halogens is 2. The molecule has 2 aliphatic heterocycles. The fourth-order valence-electron chi connectivity index (χ4n) is 2.98. The first-order chi connectivity index (χ1) is 9.63. The molecule has 108 valence electrons. The molecule has 2 atom stereocenters. The Morgan fingerprint density at radius 3 is 3.15 bits per heavy atom. The molecule has 0 bridgehead atoms. The Morgan fingerprint density at radius 2 is 2.35 bits per heavy atom. The summed E-state index contributed by atoms with van der Waals surface area (Å²) in [7, 11) is 0. The SMILES string of the molecule is O=C(Cc1ccc(Br)cc1Cl)C1CN2CCCC2CO1. The molecule has 3 nitrogen and oxygen atoms in total. The lowest BCUT2D eigenvalue weighted by molar-refractivity contribution is -0.137. The van der Waals surface area contributed by atoms with Crippen molar-refractivity contribution in [2.24, 2.45) is 0 Å². The van der Waals surface area contributed by atoms with Crippen molar-refractivity contribution in [1.82, 2.24) is 4.90 Å². The van der Waals surface area contributed by atoms with Crippen LogP contribution in [0.5, 0.6) is 0 Å². The third-order valence-corrected chi connectivity index (χ3v) is 4.97. The number of hydrogen-bond acceptors (Lipinski definition) is 3. The van der Waals surface area contributed by atoms with Crippen LogP contribution in [0.1, 0.15) is 18.4 Å². The zero-order valence-corrected chi connectivity index (χ0v) is 13.5. The average molecular weight is 359 g/mol. The predicted molar refractivity (Wildman–Crippen MR) is 82.2 cm³/mol. The average Bonchev–Trinajstić information content (AvgIpc) is 2.89. The molecule has 0 spiro atoms. The van der Waals surface area contributed by atoms with Crippen LogP contribution in [0, 0.1) is 0 Å². The smallest absolute Gasteiger partial charge is 0.167 e. The van der Waals surface area contributed by atoms with Gasteiger partial charge in [0.25, 0.3) is 0 Å². The van der Waals surface area contributed by atoms with Crippen molar-refractivity contribution < 1.29 is 9.53 Å². The molecule has 1 aromatic rings. The van der Waals surface area contributed by atoms with Crippen molar-refractivity contribution in [2.75, 3.05) is 19.7 Å². The van der Waals surface area contributed by atoms with Crippen LogP contribution in [-0.4, -0.2) is 42.5 Å². The van der Waals surface area contributed by atoms with Gasteiger partial charge in [-0.2, -0.15) is 0 Å². The number of nitrogens with zero attached hydrogens (tertiary/aromatic N) is 1. The van der Waals surface area contributed by atoms with Crippen LogP contribution in [0.15, 0.2) is 22.7 Å². The summed E-state index contributed by atoms with van der Waals surface area (Å²) < 4.78 is 6.67. The van der Waals surface area contributed by atoms with E-state index in [4.69, 9.17) is 16.3 Å². The lowest BCUT2D eigenvalue weighted by Gasteiger charge is -2.34. The quantitative estimate of drug-likeness (QED) is 0.831. The lowest BCUT2D eigenvalue weighted by Crippen LogP contribution is -2.49. The molecule has 0 saturated carbocycles. The Hall–Kier alpha value is -0.420. The molecule has 2 fully saturated rings. The van der Waals surface area contributed by atoms with Gasteiger partial charge in [0.2, 0.25) is 0 Å². The van der Waals surface area contributed by atoms with E-state index in [1.165, 1.54) is 12.8 Å². The minimum Gasteiger partial charge on any atom is -0.367 e. The largest absolute Gasteiger partial charge is 0.367 e. The lowest BCUT2D eigenvalue weighted by atomic mass is 10.0. The Morgan fingerprint density at radius 1 is 1.50 bits per heavy atom. The first-order valence-electron chi connectivity index (χ1n) is 6.96. The van der Waals surface area contributed by atoms with Crippen molar-refractivity contribution >= 4 is 33.3 Å². The number of benzene rings is 1. The molecule has 2 heterocycles. The number of hydrogen-bond donors (Lipinski definition) is 0. The van der Waals surface area contributed by atoms with Crippen LogP contribution < -0.4 is 0 Å². The monoisotopic (exact) mass is 357 g/mol. The standard InChI is InChI=1S/C15H17BrClNO2/c16-11-4-3-10(13(17)7-11)6-14(19)15-8-18-5-1-2-12(18)9-20-15/h3-4,7,12,15H,1-2,5-6,8-9H2.